The fourth-order valence-electron chi connectivity index (χ4n) is 3.13. The standard InChI is InChI=1S/C21H25N3O2S2/c1-14-7-8-18(28-14)13-24(12-17-6-5-11-26-17)20(25)10-9-19-15(2)22-21(27-4)23-16(19)3/h5-8,11H,9-10,12-13H2,1-4H3. The normalized spacial score (nSPS) is 11.0. The summed E-state index contributed by atoms with van der Waals surface area (Å²) in [7, 11) is 0. The van der Waals surface area contributed by atoms with Crippen LogP contribution in [0.4, 0.5) is 0 Å². The summed E-state index contributed by atoms with van der Waals surface area (Å²) in [4.78, 5) is 26.4. The van der Waals surface area contributed by atoms with Gasteiger partial charge in [0.2, 0.25) is 5.91 Å². The van der Waals surface area contributed by atoms with Crippen LogP contribution in [0.15, 0.2) is 40.1 Å². The molecule has 0 aliphatic heterocycles. The van der Waals surface area contributed by atoms with E-state index in [-0.39, 0.29) is 5.91 Å². The van der Waals surface area contributed by atoms with E-state index in [0.717, 1.165) is 27.9 Å². The molecule has 5 nitrogen and oxygen atoms in total. The maximum absolute atomic E-state index is 13.0. The first kappa shape index (κ1) is 20.6. The fourth-order valence-corrected chi connectivity index (χ4v) is 4.50. The Hall–Kier alpha value is -2.12. The van der Waals surface area contributed by atoms with Crippen molar-refractivity contribution in [1.29, 1.82) is 0 Å². The van der Waals surface area contributed by atoms with E-state index in [9.17, 15) is 4.79 Å². The third-order valence-electron chi connectivity index (χ3n) is 4.59. The molecule has 0 N–H and O–H groups in total. The molecule has 0 bridgehead atoms. The van der Waals surface area contributed by atoms with Gasteiger partial charge >= 0.3 is 0 Å². The lowest BCUT2D eigenvalue weighted by atomic mass is 10.1. The summed E-state index contributed by atoms with van der Waals surface area (Å²) >= 11 is 3.26. The Kier molecular flexibility index (Phi) is 6.91. The molecule has 148 valence electrons. The Morgan fingerprint density at radius 2 is 1.89 bits per heavy atom. The van der Waals surface area contributed by atoms with Gasteiger partial charge in [-0.15, -0.1) is 11.3 Å². The van der Waals surface area contributed by atoms with Crippen LogP contribution >= 0.6 is 23.1 Å². The molecule has 0 aliphatic carbocycles. The number of aromatic nitrogens is 2. The van der Waals surface area contributed by atoms with E-state index in [2.05, 4.69) is 29.0 Å². The van der Waals surface area contributed by atoms with E-state index in [4.69, 9.17) is 4.42 Å². The Bertz CT molecular complexity index is 912. The molecular weight excluding hydrogens is 390 g/mol. The van der Waals surface area contributed by atoms with E-state index in [0.29, 0.717) is 25.9 Å². The number of amides is 1. The lowest BCUT2D eigenvalue weighted by molar-refractivity contribution is -0.132. The van der Waals surface area contributed by atoms with E-state index < -0.39 is 0 Å². The van der Waals surface area contributed by atoms with Gasteiger partial charge in [-0.3, -0.25) is 4.79 Å². The molecule has 0 radical (unpaired) electrons. The molecule has 7 heteroatoms. The highest BCUT2D eigenvalue weighted by atomic mass is 32.2. The predicted octanol–water partition coefficient (Wildman–Crippen LogP) is 4.94. The zero-order valence-corrected chi connectivity index (χ0v) is 18.3. The predicted molar refractivity (Wildman–Crippen MR) is 114 cm³/mol. The molecule has 1 amide bonds. The van der Waals surface area contributed by atoms with Crippen molar-refractivity contribution in [3.05, 3.63) is 63.0 Å². The summed E-state index contributed by atoms with van der Waals surface area (Å²) in [6, 6.07) is 7.94. The molecule has 0 unspecified atom stereocenters. The van der Waals surface area contributed by atoms with Gasteiger partial charge in [0.1, 0.15) is 5.76 Å². The summed E-state index contributed by atoms with van der Waals surface area (Å²) in [5, 5.41) is 0.776. The van der Waals surface area contributed by atoms with Crippen molar-refractivity contribution in [3.63, 3.8) is 0 Å². The van der Waals surface area contributed by atoms with E-state index >= 15 is 0 Å². The zero-order chi connectivity index (χ0) is 20.1. The first-order chi connectivity index (χ1) is 13.5. The van der Waals surface area contributed by atoms with Crippen molar-refractivity contribution in [1.82, 2.24) is 14.9 Å². The Balaban J connectivity index is 1.72. The molecule has 3 heterocycles. The minimum Gasteiger partial charge on any atom is -0.467 e. The van der Waals surface area contributed by atoms with Crippen molar-refractivity contribution in [2.75, 3.05) is 6.26 Å². The van der Waals surface area contributed by atoms with Crippen LogP contribution in [-0.2, 0) is 24.3 Å². The quantitative estimate of drug-likeness (QED) is 0.385. The van der Waals surface area contributed by atoms with Crippen LogP contribution in [0.5, 0.6) is 0 Å². The van der Waals surface area contributed by atoms with Crippen molar-refractivity contribution in [3.8, 4) is 0 Å². The number of hydrogen-bond donors (Lipinski definition) is 0. The highest BCUT2D eigenvalue weighted by Crippen LogP contribution is 2.21. The minimum atomic E-state index is 0.107. The van der Waals surface area contributed by atoms with Crippen LogP contribution in [0.1, 0.15) is 38.9 Å². The van der Waals surface area contributed by atoms with Crippen LogP contribution in [-0.4, -0.2) is 27.0 Å². The Morgan fingerprint density at radius 3 is 2.46 bits per heavy atom. The average molecular weight is 416 g/mol. The molecule has 3 rings (SSSR count). The van der Waals surface area contributed by atoms with E-state index in [1.807, 2.05) is 37.1 Å². The van der Waals surface area contributed by atoms with Crippen LogP contribution in [0, 0.1) is 20.8 Å². The molecule has 0 saturated heterocycles. The van der Waals surface area contributed by atoms with Gasteiger partial charge in [-0.2, -0.15) is 0 Å². The first-order valence-electron chi connectivity index (χ1n) is 9.20. The largest absolute Gasteiger partial charge is 0.467 e. The van der Waals surface area contributed by atoms with Crippen molar-refractivity contribution in [2.45, 2.75) is 51.9 Å². The van der Waals surface area contributed by atoms with Crippen molar-refractivity contribution >= 4 is 29.0 Å². The number of thioether (sulfide) groups is 1. The maximum atomic E-state index is 13.0. The lowest BCUT2D eigenvalue weighted by Gasteiger charge is -2.21. The van der Waals surface area contributed by atoms with Gasteiger partial charge in [-0.25, -0.2) is 9.97 Å². The van der Waals surface area contributed by atoms with Gasteiger partial charge in [0, 0.05) is 27.6 Å². The Morgan fingerprint density at radius 1 is 1.14 bits per heavy atom. The minimum absolute atomic E-state index is 0.107. The van der Waals surface area contributed by atoms with Gasteiger partial charge in [0.15, 0.2) is 5.16 Å². The highest BCUT2D eigenvalue weighted by molar-refractivity contribution is 7.98. The number of thiophene rings is 1. The van der Waals surface area contributed by atoms with Crippen LogP contribution in [0.25, 0.3) is 0 Å². The molecule has 0 saturated carbocycles. The number of nitrogens with zero attached hydrogens (tertiary/aromatic N) is 3. The summed E-state index contributed by atoms with van der Waals surface area (Å²) in [5.41, 5.74) is 2.98. The smallest absolute Gasteiger partial charge is 0.223 e. The lowest BCUT2D eigenvalue weighted by Crippen LogP contribution is -2.30. The number of aryl methyl sites for hydroxylation is 3. The highest BCUT2D eigenvalue weighted by Gasteiger charge is 2.18. The van der Waals surface area contributed by atoms with Crippen molar-refractivity contribution in [2.24, 2.45) is 0 Å². The summed E-state index contributed by atoms with van der Waals surface area (Å²) in [6.45, 7) is 7.13. The van der Waals surface area contributed by atoms with Gasteiger partial charge in [-0.05, 0) is 63.3 Å². The second kappa shape index (κ2) is 9.39. The number of furan rings is 1. The number of hydrogen-bond acceptors (Lipinski definition) is 6. The molecule has 0 aromatic carbocycles. The van der Waals surface area contributed by atoms with E-state index in [1.165, 1.54) is 21.5 Å². The monoisotopic (exact) mass is 415 g/mol. The second-order valence-electron chi connectivity index (χ2n) is 6.70. The molecule has 3 aromatic heterocycles. The molecule has 0 spiro atoms. The topological polar surface area (TPSA) is 59.2 Å². The third-order valence-corrected chi connectivity index (χ3v) is 6.13. The zero-order valence-electron chi connectivity index (χ0n) is 16.7. The second-order valence-corrected chi connectivity index (χ2v) is 8.85. The van der Waals surface area contributed by atoms with Crippen molar-refractivity contribution < 1.29 is 9.21 Å². The number of rotatable bonds is 8. The van der Waals surface area contributed by atoms with E-state index in [1.54, 1.807) is 17.6 Å². The van der Waals surface area contributed by atoms with Gasteiger partial charge in [0.05, 0.1) is 19.4 Å². The van der Waals surface area contributed by atoms with Gasteiger partial charge in [0.25, 0.3) is 0 Å². The molecule has 28 heavy (non-hydrogen) atoms. The third kappa shape index (κ3) is 5.23. The summed E-state index contributed by atoms with van der Waals surface area (Å²) in [6.07, 6.45) is 4.68. The van der Waals surface area contributed by atoms with Gasteiger partial charge < -0.3 is 9.32 Å². The molecular formula is C21H25N3O2S2. The molecule has 0 atom stereocenters. The average Bonchev–Trinajstić information content (AvgIpc) is 3.31. The summed E-state index contributed by atoms with van der Waals surface area (Å²) in [5.74, 6) is 0.900. The molecule has 0 aliphatic rings. The number of carbonyl (C=O) groups is 1. The Labute approximate surface area is 174 Å². The van der Waals surface area contributed by atoms with Crippen LogP contribution < -0.4 is 0 Å². The van der Waals surface area contributed by atoms with Crippen LogP contribution in [0.2, 0.25) is 0 Å². The van der Waals surface area contributed by atoms with Gasteiger partial charge in [-0.1, -0.05) is 11.8 Å². The fraction of sp³-hybridized carbons (Fsp3) is 0.381. The SMILES string of the molecule is CSc1nc(C)c(CCC(=O)N(Cc2ccco2)Cc2ccc(C)s2)c(C)n1. The van der Waals surface area contributed by atoms with Crippen LogP contribution in [0.3, 0.4) is 0 Å². The summed E-state index contributed by atoms with van der Waals surface area (Å²) < 4.78 is 5.47. The first-order valence-corrected chi connectivity index (χ1v) is 11.2. The molecule has 0 fully saturated rings. The molecule has 3 aromatic rings. The number of carbonyl (C=O) groups excluding carboxylic acids is 1. The maximum Gasteiger partial charge on any atom is 0.223 e.